The van der Waals surface area contributed by atoms with E-state index in [1.807, 2.05) is 0 Å². The molecule has 2 nitrogen and oxygen atoms in total. The largest absolute Gasteiger partial charge is 0.309 e. The van der Waals surface area contributed by atoms with Gasteiger partial charge in [-0.2, -0.15) is 0 Å². The Hall–Kier alpha value is -8.98. The van der Waals surface area contributed by atoms with Crippen molar-refractivity contribution in [1.82, 2.24) is 4.57 Å². The van der Waals surface area contributed by atoms with Crippen molar-refractivity contribution in [2.75, 3.05) is 4.90 Å². The van der Waals surface area contributed by atoms with Crippen molar-refractivity contribution in [3.63, 3.8) is 0 Å². The lowest BCUT2D eigenvalue weighted by molar-refractivity contribution is 1.18. The van der Waals surface area contributed by atoms with Crippen LogP contribution in [0.2, 0.25) is 0 Å². The highest BCUT2D eigenvalue weighted by Crippen LogP contribution is 2.48. The van der Waals surface area contributed by atoms with Gasteiger partial charge in [0.15, 0.2) is 0 Å². The number of benzene rings is 11. The Bertz CT molecular complexity index is 3660. The molecule has 1 heterocycles. The van der Waals surface area contributed by atoms with Crippen LogP contribution < -0.4 is 4.90 Å². The van der Waals surface area contributed by atoms with Crippen molar-refractivity contribution >= 4 is 38.9 Å². The quantitative estimate of drug-likeness (QED) is 0.133. The molecule has 0 unspecified atom stereocenters. The van der Waals surface area contributed by atoms with E-state index in [1.54, 1.807) is 0 Å². The summed E-state index contributed by atoms with van der Waals surface area (Å²) in [4.78, 5) is 2.46. The van der Waals surface area contributed by atoms with E-state index in [2.05, 4.69) is 289 Å². The number of hydrogen-bond acceptors (Lipinski definition) is 1. The number of aromatic nitrogens is 1. The standard InChI is InChI=1S/C66H46N2/c1-3-21-47(22-4-1)48-39-41-50(42-40-48)54-26-11-16-34-62(54)67(64-36-18-13-31-59(64)58-30-10-9-29-57(58)56-28-8-7-25-53(56)49-23-5-2-6-24-49)52-45-43-51(44-46-52)55-27-12-17-35-63(55)68-65-37-19-14-32-60(65)61-33-15-20-38-66(61)68/h1-46H. The van der Waals surface area contributed by atoms with E-state index < -0.39 is 0 Å². The maximum absolute atomic E-state index is 2.46. The average Bonchev–Trinajstić information content (AvgIpc) is 3.76. The van der Waals surface area contributed by atoms with Gasteiger partial charge < -0.3 is 9.47 Å². The van der Waals surface area contributed by atoms with Gasteiger partial charge in [0.2, 0.25) is 0 Å². The van der Waals surface area contributed by atoms with E-state index in [4.69, 9.17) is 0 Å². The van der Waals surface area contributed by atoms with Crippen molar-refractivity contribution in [3.8, 4) is 72.4 Å². The summed E-state index contributed by atoms with van der Waals surface area (Å²) in [5.74, 6) is 0. The number of fused-ring (bicyclic) bond motifs is 3. The molecule has 12 aromatic rings. The maximum Gasteiger partial charge on any atom is 0.0541 e. The zero-order chi connectivity index (χ0) is 45.2. The van der Waals surface area contributed by atoms with E-state index >= 15 is 0 Å². The van der Waals surface area contributed by atoms with Gasteiger partial charge in [0, 0.05) is 33.2 Å². The minimum absolute atomic E-state index is 1.06. The summed E-state index contributed by atoms with van der Waals surface area (Å²) in [6, 6.07) is 101. The molecule has 2 heteroatoms. The van der Waals surface area contributed by atoms with Gasteiger partial charge >= 0.3 is 0 Å². The molecule has 0 radical (unpaired) electrons. The van der Waals surface area contributed by atoms with E-state index in [9.17, 15) is 0 Å². The second-order valence-corrected chi connectivity index (χ2v) is 17.2. The van der Waals surface area contributed by atoms with Crippen molar-refractivity contribution in [1.29, 1.82) is 0 Å². The third-order valence-corrected chi connectivity index (χ3v) is 13.3. The molecule has 0 amide bonds. The summed E-state index contributed by atoms with van der Waals surface area (Å²) in [5.41, 5.74) is 20.9. The minimum atomic E-state index is 1.06. The van der Waals surface area contributed by atoms with Crippen LogP contribution in [0.4, 0.5) is 17.1 Å². The lowest BCUT2D eigenvalue weighted by Gasteiger charge is -2.30. The number of hydrogen-bond donors (Lipinski definition) is 0. The first-order valence-electron chi connectivity index (χ1n) is 23.3. The van der Waals surface area contributed by atoms with E-state index in [-0.39, 0.29) is 0 Å². The molecule has 0 bridgehead atoms. The molecule has 0 saturated heterocycles. The highest BCUT2D eigenvalue weighted by molar-refractivity contribution is 6.10. The van der Waals surface area contributed by atoms with Gasteiger partial charge in [-0.05, 0) is 92.5 Å². The summed E-state index contributed by atoms with van der Waals surface area (Å²) >= 11 is 0. The first-order chi connectivity index (χ1) is 33.8. The Morgan fingerprint density at radius 2 is 0.574 bits per heavy atom. The summed E-state index contributed by atoms with van der Waals surface area (Å²) in [6.45, 7) is 0. The van der Waals surface area contributed by atoms with Crippen LogP contribution in [0.25, 0.3) is 94.3 Å². The molecule has 11 aromatic carbocycles. The highest BCUT2D eigenvalue weighted by atomic mass is 15.1. The molecule has 68 heavy (non-hydrogen) atoms. The predicted octanol–water partition coefficient (Wildman–Crippen LogP) is 18.3. The molecule has 0 aliphatic carbocycles. The average molecular weight is 867 g/mol. The zero-order valence-electron chi connectivity index (χ0n) is 37.5. The topological polar surface area (TPSA) is 8.17 Å². The van der Waals surface area contributed by atoms with Gasteiger partial charge in [-0.15, -0.1) is 0 Å². The first kappa shape index (κ1) is 40.5. The second-order valence-electron chi connectivity index (χ2n) is 17.2. The third kappa shape index (κ3) is 7.35. The lowest BCUT2D eigenvalue weighted by Crippen LogP contribution is -2.12. The van der Waals surface area contributed by atoms with Gasteiger partial charge in [-0.3, -0.25) is 0 Å². The summed E-state index contributed by atoms with van der Waals surface area (Å²) in [5, 5.41) is 2.50. The molecule has 0 saturated carbocycles. The van der Waals surface area contributed by atoms with Crippen LogP contribution in [0, 0.1) is 0 Å². The summed E-state index contributed by atoms with van der Waals surface area (Å²) < 4.78 is 2.42. The number of nitrogens with zero attached hydrogens (tertiary/aromatic N) is 2. The second kappa shape index (κ2) is 17.8. The van der Waals surface area contributed by atoms with Gasteiger partial charge in [0.1, 0.15) is 0 Å². The molecular weight excluding hydrogens is 821 g/mol. The predicted molar refractivity (Wildman–Crippen MR) is 288 cm³/mol. The highest BCUT2D eigenvalue weighted by Gasteiger charge is 2.23. The molecule has 0 spiro atoms. The van der Waals surface area contributed by atoms with Crippen LogP contribution in [0.3, 0.4) is 0 Å². The van der Waals surface area contributed by atoms with Gasteiger partial charge in [-0.25, -0.2) is 0 Å². The SMILES string of the molecule is c1ccc(-c2ccc(-c3ccccc3N(c3ccc(-c4ccccc4-n4c5ccccc5c5ccccc54)cc3)c3ccccc3-c3ccccc3-c3ccccc3-c3ccccc3)cc2)cc1. The maximum atomic E-state index is 2.46. The molecule has 0 aliphatic rings. The third-order valence-electron chi connectivity index (χ3n) is 13.3. The molecule has 12 rings (SSSR count). The summed E-state index contributed by atoms with van der Waals surface area (Å²) in [7, 11) is 0. The normalized spacial score (nSPS) is 11.2. The molecule has 0 N–H and O–H groups in total. The Morgan fingerprint density at radius 1 is 0.221 bits per heavy atom. The van der Waals surface area contributed by atoms with Crippen LogP contribution in [-0.4, -0.2) is 4.57 Å². The zero-order valence-corrected chi connectivity index (χ0v) is 37.5. The lowest BCUT2D eigenvalue weighted by atomic mass is 9.88. The van der Waals surface area contributed by atoms with Gasteiger partial charge in [0.25, 0.3) is 0 Å². The number of rotatable bonds is 10. The molecule has 0 atom stereocenters. The van der Waals surface area contributed by atoms with Crippen molar-refractivity contribution in [2.24, 2.45) is 0 Å². The van der Waals surface area contributed by atoms with Gasteiger partial charge in [-0.1, -0.05) is 237 Å². The molecule has 1 aromatic heterocycles. The van der Waals surface area contributed by atoms with Crippen LogP contribution in [-0.2, 0) is 0 Å². The fraction of sp³-hybridized carbons (Fsp3) is 0. The van der Waals surface area contributed by atoms with E-state index in [1.165, 1.54) is 60.8 Å². The van der Waals surface area contributed by atoms with E-state index in [0.717, 1.165) is 50.6 Å². The number of anilines is 3. The van der Waals surface area contributed by atoms with Crippen molar-refractivity contribution < 1.29 is 0 Å². The van der Waals surface area contributed by atoms with Crippen LogP contribution in [0.15, 0.2) is 279 Å². The van der Waals surface area contributed by atoms with Crippen LogP contribution in [0.1, 0.15) is 0 Å². The van der Waals surface area contributed by atoms with Crippen molar-refractivity contribution in [2.45, 2.75) is 0 Å². The fourth-order valence-electron chi connectivity index (χ4n) is 10.1. The fourth-order valence-corrected chi connectivity index (χ4v) is 10.1. The van der Waals surface area contributed by atoms with Crippen LogP contribution in [0.5, 0.6) is 0 Å². The first-order valence-corrected chi connectivity index (χ1v) is 23.3. The van der Waals surface area contributed by atoms with Gasteiger partial charge in [0.05, 0.1) is 28.1 Å². The van der Waals surface area contributed by atoms with E-state index in [0.29, 0.717) is 0 Å². The Balaban J connectivity index is 1.03. The smallest absolute Gasteiger partial charge is 0.0541 e. The molecule has 0 fully saturated rings. The molecular formula is C66H46N2. The van der Waals surface area contributed by atoms with Crippen molar-refractivity contribution in [3.05, 3.63) is 279 Å². The Labute approximate surface area is 397 Å². The monoisotopic (exact) mass is 866 g/mol. The van der Waals surface area contributed by atoms with Crippen LogP contribution >= 0.6 is 0 Å². The minimum Gasteiger partial charge on any atom is -0.309 e. The Morgan fingerprint density at radius 3 is 1.19 bits per heavy atom. The Kier molecular flexibility index (Phi) is 10.6. The molecule has 320 valence electrons. The summed E-state index contributed by atoms with van der Waals surface area (Å²) in [6.07, 6.45) is 0. The number of para-hydroxylation sites is 5. The molecule has 0 aliphatic heterocycles.